The van der Waals surface area contributed by atoms with Crippen LogP contribution in [0.3, 0.4) is 0 Å². The fraction of sp³-hybridized carbons (Fsp3) is 0.300. The van der Waals surface area contributed by atoms with Crippen LogP contribution >= 0.6 is 11.8 Å². The number of fused-ring (bicyclic) bond motifs is 1. The minimum atomic E-state index is -4.55. The molecular formula is C20H19F3N2O3S. The largest absolute Gasteiger partial charge is 0.491 e. The van der Waals surface area contributed by atoms with Crippen molar-refractivity contribution >= 4 is 35.0 Å². The van der Waals surface area contributed by atoms with Crippen molar-refractivity contribution in [2.45, 2.75) is 36.6 Å². The van der Waals surface area contributed by atoms with Gasteiger partial charge in [-0.25, -0.2) is 0 Å². The molecule has 1 atom stereocenters. The van der Waals surface area contributed by atoms with Crippen LogP contribution in [0.25, 0.3) is 0 Å². The van der Waals surface area contributed by atoms with Crippen LogP contribution in [0.1, 0.15) is 36.2 Å². The third kappa shape index (κ3) is 4.84. The Morgan fingerprint density at radius 1 is 1.24 bits per heavy atom. The van der Waals surface area contributed by atoms with Gasteiger partial charge in [0.15, 0.2) is 0 Å². The van der Waals surface area contributed by atoms with Crippen LogP contribution in [-0.2, 0) is 11.0 Å². The second-order valence-electron chi connectivity index (χ2n) is 6.47. The van der Waals surface area contributed by atoms with Gasteiger partial charge < -0.3 is 15.4 Å². The van der Waals surface area contributed by atoms with Gasteiger partial charge in [0.2, 0.25) is 5.91 Å². The zero-order valence-electron chi connectivity index (χ0n) is 15.7. The predicted molar refractivity (Wildman–Crippen MR) is 106 cm³/mol. The molecule has 9 heteroatoms. The summed E-state index contributed by atoms with van der Waals surface area (Å²) in [5.74, 6) is -0.622. The van der Waals surface area contributed by atoms with Crippen molar-refractivity contribution in [3.05, 3.63) is 47.5 Å². The summed E-state index contributed by atoms with van der Waals surface area (Å²) in [6.45, 7) is 3.94. The molecule has 5 nitrogen and oxygen atoms in total. The van der Waals surface area contributed by atoms with Crippen molar-refractivity contribution in [1.29, 1.82) is 0 Å². The van der Waals surface area contributed by atoms with E-state index in [1.165, 1.54) is 23.9 Å². The van der Waals surface area contributed by atoms with Gasteiger partial charge in [-0.2, -0.15) is 13.2 Å². The molecule has 1 unspecified atom stereocenters. The van der Waals surface area contributed by atoms with Crippen LogP contribution in [0.2, 0.25) is 0 Å². The summed E-state index contributed by atoms with van der Waals surface area (Å²) in [6.07, 6.45) is -3.89. The SMILES string of the molecule is CCCOc1ccc(C(F)(F)F)cc1NC(=O)c1ccc2c(c1)NC(=O)C(C)S2. The first-order valence-corrected chi connectivity index (χ1v) is 9.84. The predicted octanol–water partition coefficient (Wildman–Crippen LogP) is 5.18. The fourth-order valence-electron chi connectivity index (χ4n) is 2.69. The van der Waals surface area contributed by atoms with Crippen LogP contribution in [0.4, 0.5) is 24.5 Å². The second-order valence-corrected chi connectivity index (χ2v) is 7.85. The molecule has 1 heterocycles. The lowest BCUT2D eigenvalue weighted by Gasteiger charge is -2.22. The maximum atomic E-state index is 13.1. The van der Waals surface area contributed by atoms with Gasteiger partial charge in [-0.05, 0) is 49.7 Å². The van der Waals surface area contributed by atoms with E-state index in [9.17, 15) is 22.8 Å². The first kappa shape index (κ1) is 21.0. The summed E-state index contributed by atoms with van der Waals surface area (Å²) in [5, 5.41) is 4.97. The topological polar surface area (TPSA) is 67.4 Å². The number of carbonyl (C=O) groups is 2. The van der Waals surface area contributed by atoms with E-state index in [1.54, 1.807) is 19.1 Å². The standard InChI is InChI=1S/C20H19F3N2O3S/c1-3-8-28-16-6-5-13(20(21,22)23)10-14(16)24-19(27)12-4-7-17-15(9-12)25-18(26)11(2)29-17/h4-7,9-11H,3,8H2,1-2H3,(H,24,27)(H,25,26). The smallest absolute Gasteiger partial charge is 0.416 e. The quantitative estimate of drug-likeness (QED) is 0.694. The third-order valence-electron chi connectivity index (χ3n) is 4.19. The molecule has 2 aromatic carbocycles. The van der Waals surface area contributed by atoms with Crippen LogP contribution in [0, 0.1) is 0 Å². The molecule has 0 saturated carbocycles. The van der Waals surface area contributed by atoms with Gasteiger partial charge in [0.1, 0.15) is 5.75 Å². The zero-order valence-corrected chi connectivity index (χ0v) is 16.5. The second kappa shape index (κ2) is 8.36. The molecular weight excluding hydrogens is 405 g/mol. The number of alkyl halides is 3. The highest BCUT2D eigenvalue weighted by Gasteiger charge is 2.31. The van der Waals surface area contributed by atoms with E-state index in [0.29, 0.717) is 18.7 Å². The molecule has 0 fully saturated rings. The van der Waals surface area contributed by atoms with Crippen LogP contribution in [0.15, 0.2) is 41.3 Å². The molecule has 0 bridgehead atoms. The van der Waals surface area contributed by atoms with E-state index in [-0.39, 0.29) is 28.2 Å². The maximum absolute atomic E-state index is 13.1. The maximum Gasteiger partial charge on any atom is 0.416 e. The average Bonchev–Trinajstić information content (AvgIpc) is 2.66. The first-order chi connectivity index (χ1) is 13.7. The highest BCUT2D eigenvalue weighted by molar-refractivity contribution is 8.00. The summed E-state index contributed by atoms with van der Waals surface area (Å²) in [6, 6.07) is 7.71. The van der Waals surface area contributed by atoms with Gasteiger partial charge in [-0.15, -0.1) is 11.8 Å². The van der Waals surface area contributed by atoms with Gasteiger partial charge in [-0.1, -0.05) is 6.92 Å². The van der Waals surface area contributed by atoms with Crippen molar-refractivity contribution in [3.8, 4) is 5.75 Å². The monoisotopic (exact) mass is 424 g/mol. The summed E-state index contributed by atoms with van der Waals surface area (Å²) >= 11 is 1.37. The molecule has 2 amide bonds. The zero-order chi connectivity index (χ0) is 21.2. The number of halogens is 3. The van der Waals surface area contributed by atoms with E-state index in [1.807, 2.05) is 6.92 Å². The number of thioether (sulfide) groups is 1. The number of carbonyl (C=O) groups excluding carboxylic acids is 2. The van der Waals surface area contributed by atoms with Crippen LogP contribution in [-0.4, -0.2) is 23.7 Å². The Balaban J connectivity index is 1.88. The minimum Gasteiger partial charge on any atom is -0.491 e. The Labute approximate surface area is 170 Å². The highest BCUT2D eigenvalue weighted by Crippen LogP contribution is 2.37. The lowest BCUT2D eigenvalue weighted by Crippen LogP contribution is -2.26. The summed E-state index contributed by atoms with van der Waals surface area (Å²) < 4.78 is 44.7. The number of amides is 2. The van der Waals surface area contributed by atoms with Gasteiger partial charge in [-0.3, -0.25) is 9.59 Å². The van der Waals surface area contributed by atoms with Gasteiger partial charge in [0.25, 0.3) is 5.91 Å². The molecule has 1 aliphatic heterocycles. The number of anilines is 2. The number of hydrogen-bond acceptors (Lipinski definition) is 4. The molecule has 2 aromatic rings. The van der Waals surface area contributed by atoms with Crippen molar-refractivity contribution in [2.75, 3.05) is 17.2 Å². The Kier molecular flexibility index (Phi) is 6.07. The summed E-state index contributed by atoms with van der Waals surface area (Å²) in [7, 11) is 0. The van der Waals surface area contributed by atoms with Crippen molar-refractivity contribution in [3.63, 3.8) is 0 Å². The van der Waals surface area contributed by atoms with Crippen molar-refractivity contribution in [1.82, 2.24) is 0 Å². The normalized spacial score (nSPS) is 16.0. The molecule has 0 spiro atoms. The average molecular weight is 424 g/mol. The van der Waals surface area contributed by atoms with E-state index in [4.69, 9.17) is 4.74 Å². The Morgan fingerprint density at radius 3 is 2.69 bits per heavy atom. The van der Waals surface area contributed by atoms with E-state index < -0.39 is 17.6 Å². The Morgan fingerprint density at radius 2 is 2.00 bits per heavy atom. The molecule has 2 N–H and O–H groups in total. The number of rotatable bonds is 5. The Bertz CT molecular complexity index is 947. The lowest BCUT2D eigenvalue weighted by atomic mass is 10.1. The lowest BCUT2D eigenvalue weighted by molar-refractivity contribution is -0.137. The highest BCUT2D eigenvalue weighted by atomic mass is 32.2. The molecule has 29 heavy (non-hydrogen) atoms. The Hall–Kier alpha value is -2.68. The summed E-state index contributed by atoms with van der Waals surface area (Å²) in [4.78, 5) is 25.3. The number of benzene rings is 2. The van der Waals surface area contributed by atoms with E-state index >= 15 is 0 Å². The molecule has 0 radical (unpaired) electrons. The number of ether oxygens (including phenoxy) is 1. The van der Waals surface area contributed by atoms with Crippen molar-refractivity contribution in [2.24, 2.45) is 0 Å². The molecule has 1 aliphatic rings. The molecule has 3 rings (SSSR count). The van der Waals surface area contributed by atoms with Crippen LogP contribution in [0.5, 0.6) is 5.75 Å². The van der Waals surface area contributed by atoms with Crippen LogP contribution < -0.4 is 15.4 Å². The van der Waals surface area contributed by atoms with Crippen molar-refractivity contribution < 1.29 is 27.5 Å². The fourth-order valence-corrected chi connectivity index (χ4v) is 3.62. The van der Waals surface area contributed by atoms with Gasteiger partial charge >= 0.3 is 6.18 Å². The molecule has 0 aliphatic carbocycles. The van der Waals surface area contributed by atoms with E-state index in [0.717, 1.165) is 17.0 Å². The molecule has 0 saturated heterocycles. The van der Waals surface area contributed by atoms with E-state index in [2.05, 4.69) is 10.6 Å². The summed E-state index contributed by atoms with van der Waals surface area (Å²) in [5.41, 5.74) is -0.252. The molecule has 0 aromatic heterocycles. The molecule has 154 valence electrons. The number of nitrogens with one attached hydrogen (secondary N) is 2. The van der Waals surface area contributed by atoms with Gasteiger partial charge in [0, 0.05) is 10.5 Å². The first-order valence-electron chi connectivity index (χ1n) is 8.96. The third-order valence-corrected chi connectivity index (χ3v) is 5.37. The van der Waals surface area contributed by atoms with Gasteiger partial charge in [0.05, 0.1) is 28.8 Å². The number of hydrogen-bond donors (Lipinski definition) is 2. The minimum absolute atomic E-state index is 0.0666.